The largest absolute Gasteiger partial charge is 0.370 e. The van der Waals surface area contributed by atoms with Gasteiger partial charge in [-0.2, -0.15) is 0 Å². The van der Waals surface area contributed by atoms with Crippen molar-refractivity contribution >= 4 is 17.3 Å². The van der Waals surface area contributed by atoms with E-state index in [4.69, 9.17) is 9.47 Å². The number of benzene rings is 1. The second-order valence-corrected chi connectivity index (χ2v) is 6.32. The molecule has 2 saturated heterocycles. The van der Waals surface area contributed by atoms with Gasteiger partial charge in [0, 0.05) is 31.6 Å². The van der Waals surface area contributed by atoms with Crippen LogP contribution in [0.5, 0.6) is 0 Å². The SMILES string of the molecule is O=C(Nc1ccccc1)c1ccc(N2CCC3(CC2)OCCO3)cn1. The van der Waals surface area contributed by atoms with E-state index in [2.05, 4.69) is 15.2 Å². The summed E-state index contributed by atoms with van der Waals surface area (Å²) in [6.07, 6.45) is 3.46. The molecule has 0 unspecified atom stereocenters. The van der Waals surface area contributed by atoms with Crippen LogP contribution in [0.15, 0.2) is 48.7 Å². The number of rotatable bonds is 3. The number of para-hydroxylation sites is 1. The van der Waals surface area contributed by atoms with Crippen molar-refractivity contribution in [1.82, 2.24) is 4.98 Å². The highest BCUT2D eigenvalue weighted by Crippen LogP contribution is 2.32. The lowest BCUT2D eigenvalue weighted by Crippen LogP contribution is -2.45. The van der Waals surface area contributed by atoms with E-state index in [0.29, 0.717) is 18.9 Å². The molecule has 2 fully saturated rings. The quantitative estimate of drug-likeness (QED) is 0.931. The van der Waals surface area contributed by atoms with Crippen molar-refractivity contribution in [3.63, 3.8) is 0 Å². The minimum absolute atomic E-state index is 0.205. The van der Waals surface area contributed by atoms with Crippen molar-refractivity contribution in [2.45, 2.75) is 18.6 Å². The third kappa shape index (κ3) is 3.50. The number of aromatic nitrogens is 1. The van der Waals surface area contributed by atoms with E-state index in [1.54, 1.807) is 12.3 Å². The first-order chi connectivity index (χ1) is 12.2. The molecule has 0 radical (unpaired) electrons. The Hall–Kier alpha value is -2.44. The highest BCUT2D eigenvalue weighted by Gasteiger charge is 2.39. The predicted molar refractivity (Wildman–Crippen MR) is 94.7 cm³/mol. The molecule has 1 spiro atoms. The molecule has 4 rings (SSSR count). The lowest BCUT2D eigenvalue weighted by molar-refractivity contribution is -0.169. The number of amides is 1. The van der Waals surface area contributed by atoms with Crippen LogP contribution in [-0.2, 0) is 9.47 Å². The first-order valence-electron chi connectivity index (χ1n) is 8.59. The fourth-order valence-corrected chi connectivity index (χ4v) is 3.32. The highest BCUT2D eigenvalue weighted by molar-refractivity contribution is 6.02. The fourth-order valence-electron chi connectivity index (χ4n) is 3.32. The lowest BCUT2D eigenvalue weighted by Gasteiger charge is -2.38. The molecule has 1 amide bonds. The molecule has 0 aliphatic carbocycles. The zero-order valence-corrected chi connectivity index (χ0v) is 14.0. The number of hydrogen-bond donors (Lipinski definition) is 1. The zero-order valence-electron chi connectivity index (χ0n) is 14.0. The standard InChI is InChI=1S/C19H21N3O3/c23-18(21-15-4-2-1-3-5-15)17-7-6-16(14-20-17)22-10-8-19(9-11-22)24-12-13-25-19/h1-7,14H,8-13H2,(H,21,23). The summed E-state index contributed by atoms with van der Waals surface area (Å²) in [6.45, 7) is 3.09. The van der Waals surface area contributed by atoms with E-state index in [1.807, 2.05) is 36.4 Å². The molecule has 6 heteroatoms. The van der Waals surface area contributed by atoms with Crippen molar-refractivity contribution in [2.24, 2.45) is 0 Å². The van der Waals surface area contributed by atoms with Crippen molar-refractivity contribution in [1.29, 1.82) is 0 Å². The van der Waals surface area contributed by atoms with Gasteiger partial charge >= 0.3 is 0 Å². The Morgan fingerprint density at radius 2 is 1.76 bits per heavy atom. The summed E-state index contributed by atoms with van der Waals surface area (Å²) in [6, 6.07) is 13.1. The summed E-state index contributed by atoms with van der Waals surface area (Å²) in [7, 11) is 0. The summed E-state index contributed by atoms with van der Waals surface area (Å²) < 4.78 is 11.5. The maximum absolute atomic E-state index is 12.3. The number of nitrogens with zero attached hydrogens (tertiary/aromatic N) is 2. The average Bonchev–Trinajstić information content (AvgIpc) is 3.11. The highest BCUT2D eigenvalue weighted by atomic mass is 16.7. The summed E-state index contributed by atoms with van der Waals surface area (Å²) >= 11 is 0. The Labute approximate surface area is 146 Å². The topological polar surface area (TPSA) is 63.7 Å². The number of hydrogen-bond acceptors (Lipinski definition) is 5. The van der Waals surface area contributed by atoms with Crippen molar-refractivity contribution in [3.8, 4) is 0 Å². The minimum atomic E-state index is -0.376. The monoisotopic (exact) mass is 339 g/mol. The van der Waals surface area contributed by atoms with Gasteiger partial charge < -0.3 is 19.7 Å². The molecule has 1 aromatic carbocycles. The summed E-state index contributed by atoms with van der Waals surface area (Å²) in [5.74, 6) is -0.581. The van der Waals surface area contributed by atoms with Gasteiger partial charge in [0.05, 0.1) is 25.1 Å². The van der Waals surface area contributed by atoms with Gasteiger partial charge in [0.2, 0.25) is 0 Å². The normalized spacial score (nSPS) is 19.1. The smallest absolute Gasteiger partial charge is 0.274 e. The molecule has 3 heterocycles. The van der Waals surface area contributed by atoms with Crippen LogP contribution in [0.25, 0.3) is 0 Å². The summed E-state index contributed by atoms with van der Waals surface area (Å²) in [5.41, 5.74) is 2.18. The second-order valence-electron chi connectivity index (χ2n) is 6.32. The maximum Gasteiger partial charge on any atom is 0.274 e. The van der Waals surface area contributed by atoms with Gasteiger partial charge in [0.1, 0.15) is 5.69 Å². The molecule has 2 aliphatic rings. The van der Waals surface area contributed by atoms with Gasteiger partial charge in [-0.3, -0.25) is 4.79 Å². The molecule has 6 nitrogen and oxygen atoms in total. The predicted octanol–water partition coefficient (Wildman–Crippen LogP) is 2.68. The van der Waals surface area contributed by atoms with Crippen molar-refractivity contribution in [2.75, 3.05) is 36.5 Å². The number of carbonyl (C=O) groups excluding carboxylic acids is 1. The number of nitrogens with one attached hydrogen (secondary N) is 1. The fraction of sp³-hybridized carbons (Fsp3) is 0.368. The Balaban J connectivity index is 1.38. The van der Waals surface area contributed by atoms with Gasteiger partial charge in [-0.1, -0.05) is 18.2 Å². The van der Waals surface area contributed by atoms with Crippen LogP contribution in [0.4, 0.5) is 11.4 Å². The van der Waals surface area contributed by atoms with Crippen LogP contribution in [0.3, 0.4) is 0 Å². The molecule has 130 valence electrons. The molecule has 0 saturated carbocycles. The van der Waals surface area contributed by atoms with E-state index in [0.717, 1.165) is 37.3 Å². The van der Waals surface area contributed by atoms with E-state index in [-0.39, 0.29) is 11.7 Å². The average molecular weight is 339 g/mol. The molecule has 2 aromatic rings. The van der Waals surface area contributed by atoms with Gasteiger partial charge in [0.15, 0.2) is 5.79 Å². The third-order valence-corrected chi connectivity index (χ3v) is 4.72. The number of piperidine rings is 1. The lowest BCUT2D eigenvalue weighted by atomic mass is 10.0. The number of pyridine rings is 1. The van der Waals surface area contributed by atoms with Crippen molar-refractivity contribution < 1.29 is 14.3 Å². The van der Waals surface area contributed by atoms with Gasteiger partial charge in [0.25, 0.3) is 5.91 Å². The van der Waals surface area contributed by atoms with E-state index < -0.39 is 0 Å². The van der Waals surface area contributed by atoms with E-state index >= 15 is 0 Å². The second kappa shape index (κ2) is 6.82. The molecular formula is C19H21N3O3. The van der Waals surface area contributed by atoms with E-state index in [9.17, 15) is 4.79 Å². The first-order valence-corrected chi connectivity index (χ1v) is 8.59. The molecule has 0 bridgehead atoms. The Morgan fingerprint density at radius 3 is 2.40 bits per heavy atom. The van der Waals surface area contributed by atoms with Crippen LogP contribution in [0.1, 0.15) is 23.3 Å². The Bertz CT molecular complexity index is 717. The molecule has 1 aromatic heterocycles. The zero-order chi connectivity index (χ0) is 17.1. The van der Waals surface area contributed by atoms with Crippen LogP contribution in [-0.4, -0.2) is 43.0 Å². The minimum Gasteiger partial charge on any atom is -0.370 e. The number of carbonyl (C=O) groups is 1. The van der Waals surface area contributed by atoms with Crippen LogP contribution >= 0.6 is 0 Å². The molecular weight excluding hydrogens is 318 g/mol. The molecule has 0 atom stereocenters. The maximum atomic E-state index is 12.3. The van der Waals surface area contributed by atoms with Crippen LogP contribution in [0, 0.1) is 0 Å². The van der Waals surface area contributed by atoms with Gasteiger partial charge in [-0.25, -0.2) is 4.98 Å². The van der Waals surface area contributed by atoms with Crippen LogP contribution < -0.4 is 10.2 Å². The summed E-state index contributed by atoms with van der Waals surface area (Å²) in [5, 5.41) is 2.84. The van der Waals surface area contributed by atoms with Crippen molar-refractivity contribution in [3.05, 3.63) is 54.4 Å². The van der Waals surface area contributed by atoms with Gasteiger partial charge in [-0.05, 0) is 24.3 Å². The van der Waals surface area contributed by atoms with Crippen LogP contribution in [0.2, 0.25) is 0 Å². The number of anilines is 2. The molecule has 1 N–H and O–H groups in total. The summed E-state index contributed by atoms with van der Waals surface area (Å²) in [4.78, 5) is 18.8. The van der Waals surface area contributed by atoms with Gasteiger partial charge in [-0.15, -0.1) is 0 Å². The molecule has 25 heavy (non-hydrogen) atoms. The Morgan fingerprint density at radius 1 is 1.04 bits per heavy atom. The third-order valence-electron chi connectivity index (χ3n) is 4.72. The number of ether oxygens (including phenoxy) is 2. The molecule has 2 aliphatic heterocycles. The Kier molecular flexibility index (Phi) is 4.38. The first kappa shape index (κ1) is 16.1. The van der Waals surface area contributed by atoms with E-state index in [1.165, 1.54) is 0 Å².